The van der Waals surface area contributed by atoms with E-state index in [-0.39, 0.29) is 0 Å². The topological polar surface area (TPSA) is 38.7 Å². The van der Waals surface area contributed by atoms with Crippen molar-refractivity contribution in [3.05, 3.63) is 28.7 Å². The molecule has 0 saturated carbocycles. The second kappa shape index (κ2) is 3.14. The summed E-state index contributed by atoms with van der Waals surface area (Å²) in [4.78, 5) is 10.2. The van der Waals surface area contributed by atoms with Crippen LogP contribution in [0.4, 0.5) is 5.69 Å². The van der Waals surface area contributed by atoms with E-state index in [4.69, 9.17) is 4.74 Å². The summed E-state index contributed by atoms with van der Waals surface area (Å²) in [5.74, 6) is 0.519. The molecule has 0 unspecified atom stereocenters. The van der Waals surface area contributed by atoms with Crippen molar-refractivity contribution < 1.29 is 4.74 Å². The molecule has 11 heavy (non-hydrogen) atoms. The lowest BCUT2D eigenvalue weighted by Gasteiger charge is -2.01. The van der Waals surface area contributed by atoms with Crippen molar-refractivity contribution in [1.29, 1.82) is 0 Å². The van der Waals surface area contributed by atoms with Crippen molar-refractivity contribution in [3.63, 3.8) is 0 Å². The van der Waals surface area contributed by atoms with Crippen LogP contribution in [-0.2, 0) is 0 Å². The Kier molecular flexibility index (Phi) is 2.21. The van der Waals surface area contributed by atoms with Crippen LogP contribution >= 0.6 is 0 Å². The summed E-state index contributed by atoms with van der Waals surface area (Å²) >= 11 is 0. The molecule has 0 spiro atoms. The van der Waals surface area contributed by atoms with Crippen molar-refractivity contribution in [2.45, 2.75) is 6.92 Å². The van der Waals surface area contributed by atoms with E-state index >= 15 is 0 Å². The molecule has 0 aromatic heterocycles. The number of methoxy groups -OCH3 is 1. The third-order valence-corrected chi connectivity index (χ3v) is 1.43. The van der Waals surface area contributed by atoms with Crippen LogP contribution in [0.2, 0.25) is 0 Å². The molecule has 0 radical (unpaired) electrons. The minimum atomic E-state index is 0.354. The maximum Gasteiger partial charge on any atom is 0.150 e. The molecular formula is C8H9NO2. The highest BCUT2D eigenvalue weighted by atomic mass is 16.5. The number of hydrogen-bond acceptors (Lipinski definition) is 3. The highest BCUT2D eigenvalue weighted by Gasteiger charge is 2.01. The summed E-state index contributed by atoms with van der Waals surface area (Å²) in [7, 11) is 1.51. The standard InChI is InChI=1S/C8H9NO2/c1-6-3-4-8(11-2)7(5-6)9-10/h3-5H,1-2H3. The van der Waals surface area contributed by atoms with Crippen molar-refractivity contribution in [3.8, 4) is 5.75 Å². The molecule has 58 valence electrons. The van der Waals surface area contributed by atoms with Crippen LogP contribution in [0, 0.1) is 11.8 Å². The minimum Gasteiger partial charge on any atom is -0.494 e. The predicted octanol–water partition coefficient (Wildman–Crippen LogP) is 2.40. The maximum atomic E-state index is 10.2. The Morgan fingerprint density at radius 1 is 1.45 bits per heavy atom. The fourth-order valence-electron chi connectivity index (χ4n) is 0.871. The van der Waals surface area contributed by atoms with Gasteiger partial charge in [-0.05, 0) is 29.8 Å². The zero-order valence-electron chi connectivity index (χ0n) is 6.50. The smallest absolute Gasteiger partial charge is 0.150 e. The minimum absolute atomic E-state index is 0.354. The van der Waals surface area contributed by atoms with Crippen LogP contribution in [-0.4, -0.2) is 7.11 Å². The maximum absolute atomic E-state index is 10.2. The number of rotatable bonds is 2. The Morgan fingerprint density at radius 2 is 2.18 bits per heavy atom. The van der Waals surface area contributed by atoms with E-state index in [9.17, 15) is 4.91 Å². The van der Waals surface area contributed by atoms with Gasteiger partial charge in [0, 0.05) is 0 Å². The lowest BCUT2D eigenvalue weighted by molar-refractivity contribution is 0.416. The van der Waals surface area contributed by atoms with Crippen LogP contribution in [0.15, 0.2) is 23.4 Å². The number of ether oxygens (including phenoxy) is 1. The van der Waals surface area contributed by atoms with Gasteiger partial charge in [-0.15, -0.1) is 4.91 Å². The van der Waals surface area contributed by atoms with E-state index in [1.54, 1.807) is 12.1 Å². The summed E-state index contributed by atoms with van der Waals surface area (Å²) in [6.45, 7) is 1.90. The van der Waals surface area contributed by atoms with Gasteiger partial charge in [0.15, 0.2) is 0 Å². The second-order valence-electron chi connectivity index (χ2n) is 2.27. The van der Waals surface area contributed by atoms with Gasteiger partial charge in [-0.2, -0.15) is 0 Å². The normalized spacial score (nSPS) is 9.27. The summed E-state index contributed by atoms with van der Waals surface area (Å²) < 4.78 is 4.90. The van der Waals surface area contributed by atoms with E-state index in [0.29, 0.717) is 11.4 Å². The predicted molar refractivity (Wildman–Crippen MR) is 43.2 cm³/mol. The quantitative estimate of drug-likeness (QED) is 0.609. The van der Waals surface area contributed by atoms with Gasteiger partial charge in [0.05, 0.1) is 7.11 Å². The monoisotopic (exact) mass is 151 g/mol. The number of hydrogen-bond donors (Lipinski definition) is 0. The van der Waals surface area contributed by atoms with E-state index in [2.05, 4.69) is 5.18 Å². The molecule has 0 aliphatic carbocycles. The molecule has 1 aromatic rings. The van der Waals surface area contributed by atoms with Crippen molar-refractivity contribution >= 4 is 5.69 Å². The number of nitroso groups, excluding NO2 is 1. The number of nitrogens with zero attached hydrogens (tertiary/aromatic N) is 1. The van der Waals surface area contributed by atoms with Gasteiger partial charge in [0.25, 0.3) is 0 Å². The lowest BCUT2D eigenvalue weighted by atomic mass is 10.2. The Labute approximate surface area is 65.0 Å². The summed E-state index contributed by atoms with van der Waals surface area (Å²) in [5, 5.41) is 2.83. The Morgan fingerprint density at radius 3 is 2.73 bits per heavy atom. The van der Waals surface area contributed by atoms with Gasteiger partial charge >= 0.3 is 0 Å². The molecule has 0 aliphatic rings. The molecular weight excluding hydrogens is 142 g/mol. The van der Waals surface area contributed by atoms with E-state index < -0.39 is 0 Å². The van der Waals surface area contributed by atoms with Gasteiger partial charge in [-0.3, -0.25) is 0 Å². The SMILES string of the molecule is COc1ccc(C)cc1N=O. The molecule has 0 heterocycles. The summed E-state index contributed by atoms with van der Waals surface area (Å²) in [6.07, 6.45) is 0. The molecule has 0 amide bonds. The zero-order valence-corrected chi connectivity index (χ0v) is 6.50. The van der Waals surface area contributed by atoms with E-state index in [0.717, 1.165) is 5.56 Å². The van der Waals surface area contributed by atoms with Crippen molar-refractivity contribution in [2.75, 3.05) is 7.11 Å². The molecule has 0 N–H and O–H groups in total. The highest BCUT2D eigenvalue weighted by molar-refractivity contribution is 5.53. The van der Waals surface area contributed by atoms with Crippen LogP contribution < -0.4 is 4.74 Å². The number of benzene rings is 1. The Hall–Kier alpha value is -1.38. The first-order chi connectivity index (χ1) is 5.27. The largest absolute Gasteiger partial charge is 0.494 e. The Balaban J connectivity index is 3.16. The van der Waals surface area contributed by atoms with Crippen molar-refractivity contribution in [1.82, 2.24) is 0 Å². The first-order valence-corrected chi connectivity index (χ1v) is 3.26. The molecule has 3 heteroatoms. The molecule has 0 saturated heterocycles. The molecule has 0 aliphatic heterocycles. The molecule has 3 nitrogen and oxygen atoms in total. The van der Waals surface area contributed by atoms with Crippen LogP contribution in [0.1, 0.15) is 5.56 Å². The average molecular weight is 151 g/mol. The van der Waals surface area contributed by atoms with E-state index in [1.165, 1.54) is 7.11 Å². The van der Waals surface area contributed by atoms with Crippen LogP contribution in [0.3, 0.4) is 0 Å². The fourth-order valence-corrected chi connectivity index (χ4v) is 0.871. The van der Waals surface area contributed by atoms with Crippen LogP contribution in [0.25, 0.3) is 0 Å². The third-order valence-electron chi connectivity index (χ3n) is 1.43. The molecule has 1 rings (SSSR count). The number of aryl methyl sites for hydroxylation is 1. The zero-order chi connectivity index (χ0) is 8.27. The molecule has 1 aromatic carbocycles. The highest BCUT2D eigenvalue weighted by Crippen LogP contribution is 2.27. The van der Waals surface area contributed by atoms with Crippen LogP contribution in [0.5, 0.6) is 5.75 Å². The van der Waals surface area contributed by atoms with Gasteiger partial charge < -0.3 is 4.74 Å². The molecule has 0 fully saturated rings. The summed E-state index contributed by atoms with van der Waals surface area (Å²) in [6, 6.07) is 5.28. The third kappa shape index (κ3) is 1.55. The fraction of sp³-hybridized carbons (Fsp3) is 0.250. The van der Waals surface area contributed by atoms with Crippen molar-refractivity contribution in [2.24, 2.45) is 5.18 Å². The molecule has 0 bridgehead atoms. The first kappa shape index (κ1) is 7.72. The van der Waals surface area contributed by atoms with Gasteiger partial charge in [0.1, 0.15) is 11.4 Å². The average Bonchev–Trinajstić information content (AvgIpc) is 2.04. The van der Waals surface area contributed by atoms with Gasteiger partial charge in [-0.25, -0.2) is 0 Å². The second-order valence-corrected chi connectivity index (χ2v) is 2.27. The first-order valence-electron chi connectivity index (χ1n) is 3.26. The lowest BCUT2D eigenvalue weighted by Crippen LogP contribution is -1.83. The van der Waals surface area contributed by atoms with Gasteiger partial charge in [-0.1, -0.05) is 6.07 Å². The summed E-state index contributed by atoms with van der Waals surface area (Å²) in [5.41, 5.74) is 1.35. The Bertz CT molecular complexity index is 271. The van der Waals surface area contributed by atoms with Gasteiger partial charge in [0.2, 0.25) is 0 Å². The molecule has 0 atom stereocenters. The van der Waals surface area contributed by atoms with E-state index in [1.807, 2.05) is 13.0 Å².